The van der Waals surface area contributed by atoms with E-state index < -0.39 is 28.7 Å². The summed E-state index contributed by atoms with van der Waals surface area (Å²) >= 11 is 0. The summed E-state index contributed by atoms with van der Waals surface area (Å²) in [5.41, 5.74) is 0.637. The molecule has 10 nitrogen and oxygen atoms in total. The predicted octanol–water partition coefficient (Wildman–Crippen LogP) is 3.21. The number of furan rings is 1. The molecule has 0 saturated heterocycles. The van der Waals surface area contributed by atoms with Gasteiger partial charge < -0.3 is 19.8 Å². The normalized spacial score (nSPS) is 11.9. The van der Waals surface area contributed by atoms with Crippen molar-refractivity contribution in [3.05, 3.63) is 106 Å². The van der Waals surface area contributed by atoms with Crippen molar-refractivity contribution in [3.8, 4) is 0 Å². The zero-order valence-corrected chi connectivity index (χ0v) is 18.1. The van der Waals surface area contributed by atoms with Crippen LogP contribution in [0, 0.1) is 10.1 Å². The maximum atomic E-state index is 12.9. The van der Waals surface area contributed by atoms with E-state index in [4.69, 9.17) is 9.15 Å². The lowest BCUT2D eigenvalue weighted by Crippen LogP contribution is -2.43. The average Bonchev–Trinajstić information content (AvgIpc) is 3.38. The van der Waals surface area contributed by atoms with Gasteiger partial charge in [0.1, 0.15) is 18.3 Å². The van der Waals surface area contributed by atoms with E-state index in [2.05, 4.69) is 10.6 Å². The van der Waals surface area contributed by atoms with Crippen molar-refractivity contribution in [1.29, 1.82) is 0 Å². The number of benzene rings is 2. The minimum absolute atomic E-state index is 0.0332. The molecule has 1 atom stereocenters. The van der Waals surface area contributed by atoms with Gasteiger partial charge in [-0.2, -0.15) is 0 Å². The molecule has 0 aliphatic heterocycles. The molecule has 1 aromatic heterocycles. The van der Waals surface area contributed by atoms with E-state index in [1.165, 1.54) is 55.7 Å². The standard InChI is InChI=1S/C24H21N3O7/c1-16(24(30)34-15-17-7-3-2-4-8-17)25-22(28)20(26-23(29)21-11-6-12-33-21)14-18-9-5-10-19(13-18)27(31)32/h2-14,16H,15H2,1H3,(H,25,28)(H,26,29)/b20-14-/t16-/m1/s1. The van der Waals surface area contributed by atoms with Crippen LogP contribution in [0.2, 0.25) is 0 Å². The monoisotopic (exact) mass is 463 g/mol. The molecule has 3 aromatic rings. The van der Waals surface area contributed by atoms with Crippen molar-refractivity contribution >= 4 is 29.5 Å². The van der Waals surface area contributed by atoms with Crippen LogP contribution in [0.5, 0.6) is 0 Å². The zero-order chi connectivity index (χ0) is 24.5. The number of ether oxygens (including phenoxy) is 1. The second-order valence-electron chi connectivity index (χ2n) is 7.13. The van der Waals surface area contributed by atoms with Crippen molar-refractivity contribution in [2.45, 2.75) is 19.6 Å². The summed E-state index contributed by atoms with van der Waals surface area (Å²) in [6, 6.07) is 16.4. The fourth-order valence-electron chi connectivity index (χ4n) is 2.83. The van der Waals surface area contributed by atoms with Gasteiger partial charge in [-0.15, -0.1) is 0 Å². The highest BCUT2D eigenvalue weighted by molar-refractivity contribution is 6.05. The molecule has 0 aliphatic carbocycles. The van der Waals surface area contributed by atoms with Crippen LogP contribution in [0.1, 0.15) is 28.6 Å². The van der Waals surface area contributed by atoms with Gasteiger partial charge in [0, 0.05) is 12.1 Å². The first kappa shape index (κ1) is 23.9. The largest absolute Gasteiger partial charge is 0.459 e. The van der Waals surface area contributed by atoms with Crippen LogP contribution < -0.4 is 10.6 Å². The fourth-order valence-corrected chi connectivity index (χ4v) is 2.83. The van der Waals surface area contributed by atoms with Crippen molar-refractivity contribution < 1.29 is 28.5 Å². The number of hydrogen-bond acceptors (Lipinski definition) is 7. The van der Waals surface area contributed by atoms with E-state index >= 15 is 0 Å². The number of rotatable bonds is 9. The maximum Gasteiger partial charge on any atom is 0.328 e. The Morgan fingerprint density at radius 3 is 2.53 bits per heavy atom. The molecule has 174 valence electrons. The molecule has 2 aromatic carbocycles. The Hall–Kier alpha value is -4.73. The van der Waals surface area contributed by atoms with Gasteiger partial charge in [-0.3, -0.25) is 19.7 Å². The molecular weight excluding hydrogens is 442 g/mol. The van der Waals surface area contributed by atoms with Crippen LogP contribution >= 0.6 is 0 Å². The van der Waals surface area contributed by atoms with Crippen LogP contribution in [0.25, 0.3) is 6.08 Å². The van der Waals surface area contributed by atoms with E-state index in [1.54, 1.807) is 24.3 Å². The number of amides is 2. The van der Waals surface area contributed by atoms with Crippen molar-refractivity contribution in [2.75, 3.05) is 0 Å². The van der Waals surface area contributed by atoms with Gasteiger partial charge in [0.05, 0.1) is 11.2 Å². The highest BCUT2D eigenvalue weighted by Crippen LogP contribution is 2.16. The van der Waals surface area contributed by atoms with E-state index in [0.717, 1.165) is 5.56 Å². The second-order valence-corrected chi connectivity index (χ2v) is 7.13. The molecule has 1 heterocycles. The zero-order valence-electron chi connectivity index (χ0n) is 18.1. The summed E-state index contributed by atoms with van der Waals surface area (Å²) in [7, 11) is 0. The van der Waals surface area contributed by atoms with Gasteiger partial charge in [0.2, 0.25) is 0 Å². The third-order valence-electron chi connectivity index (χ3n) is 4.55. The average molecular weight is 463 g/mol. The smallest absolute Gasteiger partial charge is 0.328 e. The molecule has 34 heavy (non-hydrogen) atoms. The quantitative estimate of drug-likeness (QED) is 0.215. The summed E-state index contributed by atoms with van der Waals surface area (Å²) in [6.45, 7) is 1.47. The molecule has 2 amide bonds. The summed E-state index contributed by atoms with van der Waals surface area (Å²) in [5.74, 6) is -2.23. The first-order valence-electron chi connectivity index (χ1n) is 10.2. The van der Waals surface area contributed by atoms with E-state index in [-0.39, 0.29) is 23.8 Å². The molecule has 0 saturated carbocycles. The van der Waals surface area contributed by atoms with Crippen LogP contribution in [0.3, 0.4) is 0 Å². The van der Waals surface area contributed by atoms with E-state index in [0.29, 0.717) is 5.56 Å². The number of nitro groups is 1. The third-order valence-corrected chi connectivity index (χ3v) is 4.55. The Morgan fingerprint density at radius 1 is 1.09 bits per heavy atom. The van der Waals surface area contributed by atoms with Crippen molar-refractivity contribution in [1.82, 2.24) is 10.6 Å². The SMILES string of the molecule is C[C@@H](NC(=O)/C(=C/c1cccc([N+](=O)[O-])c1)NC(=O)c1ccco1)C(=O)OCc1ccccc1. The lowest BCUT2D eigenvalue weighted by molar-refractivity contribution is -0.384. The summed E-state index contributed by atoms with van der Waals surface area (Å²) in [6.07, 6.45) is 2.55. The van der Waals surface area contributed by atoms with Crippen LogP contribution in [0.4, 0.5) is 5.69 Å². The predicted molar refractivity (Wildman–Crippen MR) is 121 cm³/mol. The van der Waals surface area contributed by atoms with Gasteiger partial charge >= 0.3 is 5.97 Å². The van der Waals surface area contributed by atoms with Crippen LogP contribution in [-0.4, -0.2) is 28.7 Å². The van der Waals surface area contributed by atoms with Gasteiger partial charge in [0.25, 0.3) is 17.5 Å². The molecule has 2 N–H and O–H groups in total. The number of nitro benzene ring substituents is 1. The first-order valence-corrected chi connectivity index (χ1v) is 10.2. The molecule has 0 unspecified atom stereocenters. The molecule has 3 rings (SSSR count). The second kappa shape index (κ2) is 11.2. The Kier molecular flexibility index (Phi) is 7.90. The number of esters is 1. The molecule has 0 aliphatic rings. The minimum atomic E-state index is -1.04. The topological polar surface area (TPSA) is 141 Å². The van der Waals surface area contributed by atoms with Gasteiger partial charge in [-0.25, -0.2) is 4.79 Å². The molecule has 0 spiro atoms. The summed E-state index contributed by atoms with van der Waals surface area (Å²) < 4.78 is 10.3. The first-order chi connectivity index (χ1) is 16.3. The van der Waals surface area contributed by atoms with Crippen molar-refractivity contribution in [2.24, 2.45) is 0 Å². The molecular formula is C24H21N3O7. The fraction of sp³-hybridized carbons (Fsp3) is 0.125. The van der Waals surface area contributed by atoms with Crippen molar-refractivity contribution in [3.63, 3.8) is 0 Å². The number of nitrogens with zero attached hydrogens (tertiary/aromatic N) is 1. The van der Waals surface area contributed by atoms with Gasteiger partial charge in [0.15, 0.2) is 5.76 Å². The lowest BCUT2D eigenvalue weighted by atomic mass is 10.1. The maximum absolute atomic E-state index is 12.9. The molecule has 10 heteroatoms. The Morgan fingerprint density at radius 2 is 1.85 bits per heavy atom. The van der Waals surface area contributed by atoms with E-state index in [9.17, 15) is 24.5 Å². The Labute approximate surface area is 194 Å². The number of carbonyl (C=O) groups excluding carboxylic acids is 3. The Bertz CT molecular complexity index is 1200. The molecule has 0 radical (unpaired) electrons. The minimum Gasteiger partial charge on any atom is -0.459 e. The summed E-state index contributed by atoms with van der Waals surface area (Å²) in [4.78, 5) is 48.1. The van der Waals surface area contributed by atoms with E-state index in [1.807, 2.05) is 6.07 Å². The number of carbonyl (C=O) groups is 3. The number of nitrogens with one attached hydrogen (secondary N) is 2. The number of non-ortho nitro benzene ring substituents is 1. The van der Waals surface area contributed by atoms with Crippen LogP contribution in [-0.2, 0) is 20.9 Å². The molecule has 0 bridgehead atoms. The molecule has 0 fully saturated rings. The summed E-state index contributed by atoms with van der Waals surface area (Å²) in [5, 5.41) is 15.9. The Balaban J connectivity index is 1.75. The third kappa shape index (κ3) is 6.63. The number of hydrogen-bond donors (Lipinski definition) is 2. The lowest BCUT2D eigenvalue weighted by Gasteiger charge is -2.15. The highest BCUT2D eigenvalue weighted by Gasteiger charge is 2.22. The van der Waals surface area contributed by atoms with Crippen LogP contribution in [0.15, 0.2) is 83.1 Å². The van der Waals surface area contributed by atoms with Gasteiger partial charge in [-0.05, 0) is 36.3 Å². The highest BCUT2D eigenvalue weighted by atomic mass is 16.6. The van der Waals surface area contributed by atoms with Gasteiger partial charge in [-0.1, -0.05) is 42.5 Å².